The van der Waals surface area contributed by atoms with Crippen LogP contribution < -0.4 is 15.8 Å². The molecule has 3 N–H and O–H groups in total. The Morgan fingerprint density at radius 3 is 2.84 bits per heavy atom. The first-order valence-corrected chi connectivity index (χ1v) is 6.37. The maximum Gasteiger partial charge on any atom is 0.220 e. The van der Waals surface area contributed by atoms with Gasteiger partial charge in [0.15, 0.2) is 0 Å². The Hall–Kier alpha value is -0.970. The second kappa shape index (κ2) is 9.89. The predicted molar refractivity (Wildman–Crippen MR) is 80.2 cm³/mol. The topological polar surface area (TPSA) is 64.3 Å². The number of hydrogen-bond donors (Lipinski definition) is 2. The maximum absolute atomic E-state index is 11.3. The summed E-state index contributed by atoms with van der Waals surface area (Å²) in [5, 5.41) is 3.44. The summed E-state index contributed by atoms with van der Waals surface area (Å²) in [6.07, 6.45) is 1.13. The van der Waals surface area contributed by atoms with Crippen molar-refractivity contribution in [1.29, 1.82) is 0 Å². The molecule has 0 spiro atoms. The number of ether oxygens (including phenoxy) is 1. The van der Waals surface area contributed by atoms with Crippen LogP contribution in [0.3, 0.4) is 0 Å². The van der Waals surface area contributed by atoms with Crippen LogP contribution in [-0.4, -0.2) is 25.6 Å². The summed E-state index contributed by atoms with van der Waals surface area (Å²) in [5.74, 6) is 0.788. The van der Waals surface area contributed by atoms with Gasteiger partial charge in [-0.25, -0.2) is 0 Å². The van der Waals surface area contributed by atoms with E-state index < -0.39 is 0 Å². The van der Waals surface area contributed by atoms with Crippen molar-refractivity contribution in [3.8, 4) is 5.75 Å². The third-order valence-electron chi connectivity index (χ3n) is 2.41. The van der Waals surface area contributed by atoms with E-state index in [1.54, 1.807) is 6.07 Å². The summed E-state index contributed by atoms with van der Waals surface area (Å²) in [5.41, 5.74) is 6.27. The first-order chi connectivity index (χ1) is 8.63. The van der Waals surface area contributed by atoms with Crippen molar-refractivity contribution in [2.75, 3.05) is 19.7 Å². The van der Waals surface area contributed by atoms with Gasteiger partial charge in [-0.05, 0) is 37.1 Å². The minimum atomic E-state index is 0. The Balaban J connectivity index is 0.00000324. The highest BCUT2D eigenvalue weighted by Crippen LogP contribution is 2.21. The second-order valence-corrected chi connectivity index (χ2v) is 4.41. The van der Waals surface area contributed by atoms with Crippen molar-refractivity contribution in [2.45, 2.75) is 19.8 Å². The molecule has 0 aliphatic rings. The summed E-state index contributed by atoms with van der Waals surface area (Å²) in [4.78, 5) is 11.3. The van der Waals surface area contributed by atoms with Gasteiger partial charge in [0.1, 0.15) is 5.75 Å². The molecule has 0 atom stereocenters. The van der Waals surface area contributed by atoms with Gasteiger partial charge in [-0.2, -0.15) is 0 Å². The molecule has 0 aliphatic heterocycles. The van der Waals surface area contributed by atoms with Gasteiger partial charge < -0.3 is 15.8 Å². The van der Waals surface area contributed by atoms with Crippen LogP contribution >= 0.6 is 24.0 Å². The molecule has 108 valence electrons. The van der Waals surface area contributed by atoms with Gasteiger partial charge in [0.2, 0.25) is 5.91 Å². The molecule has 0 aromatic heterocycles. The standard InChI is InChI=1S/C13H19ClN2O2.ClH/c1-10-9-11(4-5-12(10)14)18-8-2-3-13(17)16-7-6-15;/h4-5,9H,2-3,6-8,15H2,1H3,(H,16,17);1H. The largest absolute Gasteiger partial charge is 0.494 e. The highest BCUT2D eigenvalue weighted by molar-refractivity contribution is 6.31. The monoisotopic (exact) mass is 306 g/mol. The fourth-order valence-electron chi connectivity index (χ4n) is 1.43. The Kier molecular flexibility index (Phi) is 9.39. The first-order valence-electron chi connectivity index (χ1n) is 5.99. The number of benzene rings is 1. The van der Waals surface area contributed by atoms with Crippen LogP contribution in [0, 0.1) is 6.92 Å². The Morgan fingerprint density at radius 1 is 1.47 bits per heavy atom. The van der Waals surface area contributed by atoms with E-state index in [4.69, 9.17) is 22.1 Å². The third kappa shape index (κ3) is 7.25. The molecular formula is C13H20Cl2N2O2. The van der Waals surface area contributed by atoms with E-state index in [0.29, 0.717) is 32.5 Å². The minimum absolute atomic E-state index is 0. The zero-order valence-electron chi connectivity index (χ0n) is 10.9. The van der Waals surface area contributed by atoms with E-state index in [9.17, 15) is 4.79 Å². The molecule has 0 radical (unpaired) electrons. The second-order valence-electron chi connectivity index (χ2n) is 4.00. The number of nitrogens with one attached hydrogen (secondary N) is 1. The van der Waals surface area contributed by atoms with Gasteiger partial charge in [-0.1, -0.05) is 11.6 Å². The number of carbonyl (C=O) groups excluding carboxylic acids is 1. The van der Waals surface area contributed by atoms with E-state index in [1.807, 2.05) is 19.1 Å². The van der Waals surface area contributed by atoms with Gasteiger partial charge >= 0.3 is 0 Å². The first kappa shape index (κ1) is 18.0. The van der Waals surface area contributed by atoms with Gasteiger partial charge in [0, 0.05) is 24.5 Å². The van der Waals surface area contributed by atoms with Crippen LogP contribution in [0.1, 0.15) is 18.4 Å². The van der Waals surface area contributed by atoms with Crippen molar-refractivity contribution < 1.29 is 9.53 Å². The van der Waals surface area contributed by atoms with Crippen LogP contribution in [0.4, 0.5) is 0 Å². The van der Waals surface area contributed by atoms with Crippen LogP contribution in [0.2, 0.25) is 5.02 Å². The average Bonchev–Trinajstić information content (AvgIpc) is 2.36. The van der Waals surface area contributed by atoms with Gasteiger partial charge in [0.25, 0.3) is 0 Å². The number of aryl methyl sites for hydroxylation is 1. The molecular weight excluding hydrogens is 287 g/mol. The molecule has 0 unspecified atom stereocenters. The lowest BCUT2D eigenvalue weighted by Gasteiger charge is -2.08. The number of carbonyl (C=O) groups is 1. The minimum Gasteiger partial charge on any atom is -0.494 e. The van der Waals surface area contributed by atoms with Crippen molar-refractivity contribution in [2.24, 2.45) is 5.73 Å². The van der Waals surface area contributed by atoms with Gasteiger partial charge in [-0.15, -0.1) is 12.4 Å². The highest BCUT2D eigenvalue weighted by atomic mass is 35.5. The summed E-state index contributed by atoms with van der Waals surface area (Å²) in [6, 6.07) is 5.51. The maximum atomic E-state index is 11.3. The average molecular weight is 307 g/mol. The van der Waals surface area contributed by atoms with E-state index in [-0.39, 0.29) is 18.3 Å². The smallest absolute Gasteiger partial charge is 0.220 e. The Bertz CT molecular complexity index is 400. The Labute approximate surface area is 125 Å². The van der Waals surface area contributed by atoms with Crippen molar-refractivity contribution >= 4 is 29.9 Å². The molecule has 0 fully saturated rings. The number of rotatable bonds is 7. The molecule has 0 bridgehead atoms. The molecule has 1 aromatic carbocycles. The van der Waals surface area contributed by atoms with Gasteiger partial charge in [0.05, 0.1) is 6.61 Å². The fourth-order valence-corrected chi connectivity index (χ4v) is 1.55. The molecule has 0 heterocycles. The summed E-state index contributed by atoms with van der Waals surface area (Å²) >= 11 is 5.91. The molecule has 1 aromatic rings. The number of hydrogen-bond acceptors (Lipinski definition) is 3. The normalized spacial score (nSPS) is 9.63. The molecule has 0 saturated heterocycles. The molecule has 19 heavy (non-hydrogen) atoms. The fraction of sp³-hybridized carbons (Fsp3) is 0.462. The van der Waals surface area contributed by atoms with Crippen molar-refractivity contribution in [1.82, 2.24) is 5.32 Å². The molecule has 4 nitrogen and oxygen atoms in total. The lowest BCUT2D eigenvalue weighted by molar-refractivity contribution is -0.121. The van der Waals surface area contributed by atoms with Crippen LogP contribution in [-0.2, 0) is 4.79 Å². The number of amides is 1. The summed E-state index contributed by atoms with van der Waals surface area (Å²) < 4.78 is 5.53. The SMILES string of the molecule is Cc1cc(OCCCC(=O)NCCN)ccc1Cl.Cl. The lowest BCUT2D eigenvalue weighted by Crippen LogP contribution is -2.29. The van der Waals surface area contributed by atoms with E-state index >= 15 is 0 Å². The molecule has 1 amide bonds. The number of nitrogens with two attached hydrogens (primary N) is 1. The lowest BCUT2D eigenvalue weighted by atomic mass is 10.2. The Morgan fingerprint density at radius 2 is 2.21 bits per heavy atom. The molecule has 0 saturated carbocycles. The predicted octanol–water partition coefficient (Wildman–Crippen LogP) is 2.30. The summed E-state index contributed by atoms with van der Waals surface area (Å²) in [6.45, 7) is 3.43. The molecule has 6 heteroatoms. The van der Waals surface area contributed by atoms with E-state index in [1.165, 1.54) is 0 Å². The van der Waals surface area contributed by atoms with Crippen LogP contribution in [0.5, 0.6) is 5.75 Å². The molecule has 1 rings (SSSR count). The molecule has 0 aliphatic carbocycles. The van der Waals surface area contributed by atoms with E-state index in [0.717, 1.165) is 16.3 Å². The zero-order chi connectivity index (χ0) is 13.4. The highest BCUT2D eigenvalue weighted by Gasteiger charge is 2.01. The summed E-state index contributed by atoms with van der Waals surface area (Å²) in [7, 11) is 0. The zero-order valence-corrected chi connectivity index (χ0v) is 12.5. The van der Waals surface area contributed by atoms with E-state index in [2.05, 4.69) is 5.32 Å². The van der Waals surface area contributed by atoms with Crippen LogP contribution in [0.15, 0.2) is 18.2 Å². The van der Waals surface area contributed by atoms with Gasteiger partial charge in [-0.3, -0.25) is 4.79 Å². The van der Waals surface area contributed by atoms with Crippen LogP contribution in [0.25, 0.3) is 0 Å². The number of halogens is 2. The quantitative estimate of drug-likeness (QED) is 0.760. The third-order valence-corrected chi connectivity index (χ3v) is 2.84. The van der Waals surface area contributed by atoms with Crippen molar-refractivity contribution in [3.05, 3.63) is 28.8 Å². The van der Waals surface area contributed by atoms with Crippen molar-refractivity contribution in [3.63, 3.8) is 0 Å².